The van der Waals surface area contributed by atoms with E-state index in [4.69, 9.17) is 4.42 Å². The predicted octanol–water partition coefficient (Wildman–Crippen LogP) is 3.54. The summed E-state index contributed by atoms with van der Waals surface area (Å²) in [6, 6.07) is 10.5. The standard InChI is InChI=1S/C17H16BrN3O3/c1-10(20-21-17(23)14-8-9-15(18)24-14)11-4-6-13(7-5-11)19-16(22)12-2-3-12/h4-9,12H,2-3H2,1H3,(H,19,22)(H,21,23). The van der Waals surface area contributed by atoms with Crippen molar-refractivity contribution in [2.45, 2.75) is 19.8 Å². The Morgan fingerprint density at radius 2 is 1.88 bits per heavy atom. The Morgan fingerprint density at radius 3 is 2.46 bits per heavy atom. The van der Waals surface area contributed by atoms with Gasteiger partial charge in [-0.1, -0.05) is 12.1 Å². The predicted molar refractivity (Wildman–Crippen MR) is 93.9 cm³/mol. The van der Waals surface area contributed by atoms with Gasteiger partial charge in [0.05, 0.1) is 5.71 Å². The Balaban J connectivity index is 1.60. The maximum absolute atomic E-state index is 11.9. The highest BCUT2D eigenvalue weighted by molar-refractivity contribution is 9.10. The molecule has 7 heteroatoms. The third-order valence-corrected chi connectivity index (χ3v) is 4.07. The van der Waals surface area contributed by atoms with E-state index in [0.29, 0.717) is 10.4 Å². The van der Waals surface area contributed by atoms with Crippen LogP contribution in [0.4, 0.5) is 5.69 Å². The van der Waals surface area contributed by atoms with Crippen LogP contribution in [0.2, 0.25) is 0 Å². The number of amides is 2. The summed E-state index contributed by atoms with van der Waals surface area (Å²) in [6.07, 6.45) is 1.95. The molecule has 1 aliphatic carbocycles. The monoisotopic (exact) mass is 389 g/mol. The first-order chi connectivity index (χ1) is 11.5. The third-order valence-electron chi connectivity index (χ3n) is 3.64. The van der Waals surface area contributed by atoms with Crippen LogP contribution in [0, 0.1) is 5.92 Å². The molecule has 1 aromatic heterocycles. The first-order valence-corrected chi connectivity index (χ1v) is 8.33. The average molecular weight is 390 g/mol. The lowest BCUT2D eigenvalue weighted by atomic mass is 10.1. The molecular weight excluding hydrogens is 374 g/mol. The lowest BCUT2D eigenvalue weighted by molar-refractivity contribution is -0.117. The van der Waals surface area contributed by atoms with Gasteiger partial charge in [0.2, 0.25) is 5.91 Å². The van der Waals surface area contributed by atoms with Gasteiger partial charge in [-0.3, -0.25) is 9.59 Å². The minimum Gasteiger partial charge on any atom is -0.444 e. The second-order valence-corrected chi connectivity index (χ2v) is 6.36. The van der Waals surface area contributed by atoms with Crippen LogP contribution in [0.25, 0.3) is 0 Å². The van der Waals surface area contributed by atoms with Crippen LogP contribution < -0.4 is 10.7 Å². The quantitative estimate of drug-likeness (QED) is 0.605. The van der Waals surface area contributed by atoms with Gasteiger partial charge >= 0.3 is 5.91 Å². The fraction of sp³-hybridized carbons (Fsp3) is 0.235. The van der Waals surface area contributed by atoms with Crippen molar-refractivity contribution in [2.75, 3.05) is 5.32 Å². The number of furan rings is 1. The van der Waals surface area contributed by atoms with Gasteiger partial charge in [0.25, 0.3) is 0 Å². The second kappa shape index (κ2) is 7.00. The van der Waals surface area contributed by atoms with Crippen LogP contribution in [-0.4, -0.2) is 17.5 Å². The molecule has 6 nitrogen and oxygen atoms in total. The van der Waals surface area contributed by atoms with Gasteiger partial charge in [-0.15, -0.1) is 0 Å². The van der Waals surface area contributed by atoms with E-state index in [9.17, 15) is 9.59 Å². The fourth-order valence-corrected chi connectivity index (χ4v) is 2.38. The number of nitrogens with zero attached hydrogens (tertiary/aromatic N) is 1. The molecule has 0 spiro atoms. The lowest BCUT2D eigenvalue weighted by Crippen LogP contribution is -2.18. The number of benzene rings is 1. The molecule has 1 aliphatic rings. The number of nitrogens with one attached hydrogen (secondary N) is 2. The number of rotatable bonds is 5. The Hall–Kier alpha value is -2.41. The molecule has 1 aromatic carbocycles. The number of carbonyl (C=O) groups is 2. The summed E-state index contributed by atoms with van der Waals surface area (Å²) in [5, 5.41) is 6.94. The second-order valence-electron chi connectivity index (χ2n) is 5.58. The van der Waals surface area contributed by atoms with Crippen LogP contribution in [0.5, 0.6) is 0 Å². The minimum absolute atomic E-state index is 0.0741. The van der Waals surface area contributed by atoms with Crippen molar-refractivity contribution in [1.29, 1.82) is 0 Å². The number of anilines is 1. The molecule has 1 saturated carbocycles. The molecule has 0 unspecified atom stereocenters. The largest absolute Gasteiger partial charge is 0.444 e. The molecule has 2 amide bonds. The topological polar surface area (TPSA) is 83.7 Å². The zero-order chi connectivity index (χ0) is 17.1. The van der Waals surface area contributed by atoms with E-state index in [0.717, 1.165) is 24.1 Å². The fourth-order valence-electron chi connectivity index (χ4n) is 2.08. The molecule has 1 heterocycles. The van der Waals surface area contributed by atoms with E-state index < -0.39 is 5.91 Å². The average Bonchev–Trinajstić information content (AvgIpc) is 3.34. The molecular formula is C17H16BrN3O3. The van der Waals surface area contributed by atoms with Crippen molar-refractivity contribution in [3.8, 4) is 0 Å². The van der Waals surface area contributed by atoms with E-state index in [1.165, 1.54) is 0 Å². The van der Waals surface area contributed by atoms with E-state index in [1.54, 1.807) is 19.1 Å². The summed E-state index contributed by atoms with van der Waals surface area (Å²) in [7, 11) is 0. The van der Waals surface area contributed by atoms with Crippen molar-refractivity contribution in [2.24, 2.45) is 11.0 Å². The molecule has 24 heavy (non-hydrogen) atoms. The van der Waals surface area contributed by atoms with Crippen LogP contribution in [0.3, 0.4) is 0 Å². The summed E-state index contributed by atoms with van der Waals surface area (Å²) in [5.74, 6) is -0.000218. The van der Waals surface area contributed by atoms with Gasteiger partial charge in [-0.2, -0.15) is 5.10 Å². The van der Waals surface area contributed by atoms with Crippen molar-refractivity contribution >= 4 is 39.1 Å². The molecule has 0 radical (unpaired) electrons. The van der Waals surface area contributed by atoms with E-state index in [-0.39, 0.29) is 17.6 Å². The molecule has 0 atom stereocenters. The number of hydrazone groups is 1. The number of halogens is 1. The lowest BCUT2D eigenvalue weighted by Gasteiger charge is -2.06. The molecule has 0 aliphatic heterocycles. The zero-order valence-electron chi connectivity index (χ0n) is 13.0. The first-order valence-electron chi connectivity index (χ1n) is 7.54. The zero-order valence-corrected chi connectivity index (χ0v) is 14.6. The highest BCUT2D eigenvalue weighted by Crippen LogP contribution is 2.30. The van der Waals surface area contributed by atoms with Gasteiger partial charge in [0.1, 0.15) is 0 Å². The SMILES string of the molecule is CC(=NNC(=O)c1ccc(Br)o1)c1ccc(NC(=O)C2CC2)cc1. The highest BCUT2D eigenvalue weighted by Gasteiger charge is 2.29. The highest BCUT2D eigenvalue weighted by atomic mass is 79.9. The molecule has 2 N–H and O–H groups in total. The Kier molecular flexibility index (Phi) is 4.80. The summed E-state index contributed by atoms with van der Waals surface area (Å²) in [5.41, 5.74) is 4.70. The summed E-state index contributed by atoms with van der Waals surface area (Å²) in [4.78, 5) is 23.6. The molecule has 1 fully saturated rings. The summed E-state index contributed by atoms with van der Waals surface area (Å²) in [6.45, 7) is 1.79. The maximum Gasteiger partial charge on any atom is 0.307 e. The molecule has 0 bridgehead atoms. The first kappa shape index (κ1) is 16.4. The van der Waals surface area contributed by atoms with E-state index in [2.05, 4.69) is 31.8 Å². The van der Waals surface area contributed by atoms with Crippen molar-refractivity contribution < 1.29 is 14.0 Å². The number of carbonyl (C=O) groups excluding carboxylic acids is 2. The van der Waals surface area contributed by atoms with E-state index in [1.807, 2.05) is 24.3 Å². The van der Waals surface area contributed by atoms with Gasteiger partial charge in [-0.25, -0.2) is 5.43 Å². The van der Waals surface area contributed by atoms with Crippen LogP contribution >= 0.6 is 15.9 Å². The van der Waals surface area contributed by atoms with Crippen LogP contribution in [-0.2, 0) is 4.79 Å². The Labute approximate surface area is 147 Å². The van der Waals surface area contributed by atoms with Gasteiger partial charge < -0.3 is 9.73 Å². The Bertz CT molecular complexity index is 792. The Morgan fingerprint density at radius 1 is 1.17 bits per heavy atom. The normalized spacial score (nSPS) is 14.3. The maximum atomic E-state index is 11.9. The van der Waals surface area contributed by atoms with Crippen LogP contribution in [0.15, 0.2) is 50.6 Å². The molecule has 0 saturated heterocycles. The van der Waals surface area contributed by atoms with Crippen LogP contribution in [0.1, 0.15) is 35.9 Å². The van der Waals surface area contributed by atoms with Crippen molar-refractivity contribution in [3.63, 3.8) is 0 Å². The van der Waals surface area contributed by atoms with E-state index >= 15 is 0 Å². The van der Waals surface area contributed by atoms with Crippen molar-refractivity contribution in [3.05, 3.63) is 52.4 Å². The minimum atomic E-state index is -0.423. The number of hydrogen-bond donors (Lipinski definition) is 2. The van der Waals surface area contributed by atoms with Gasteiger partial charge in [0, 0.05) is 11.6 Å². The summed E-state index contributed by atoms with van der Waals surface area (Å²) < 4.78 is 5.64. The van der Waals surface area contributed by atoms with Gasteiger partial charge in [0.15, 0.2) is 10.4 Å². The molecule has 2 aromatic rings. The smallest absolute Gasteiger partial charge is 0.307 e. The summed E-state index contributed by atoms with van der Waals surface area (Å²) >= 11 is 3.14. The molecule has 124 valence electrons. The third kappa shape index (κ3) is 4.11. The van der Waals surface area contributed by atoms with Gasteiger partial charge in [-0.05, 0) is 65.5 Å². The van der Waals surface area contributed by atoms with Crippen molar-refractivity contribution in [1.82, 2.24) is 5.43 Å². The number of hydrogen-bond acceptors (Lipinski definition) is 4. The molecule has 3 rings (SSSR count).